The van der Waals surface area contributed by atoms with Crippen molar-refractivity contribution in [2.45, 2.75) is 63.2 Å². The lowest BCUT2D eigenvalue weighted by Crippen LogP contribution is -2.57. The van der Waals surface area contributed by atoms with E-state index in [1.807, 2.05) is 24.3 Å². The Bertz CT molecular complexity index is 1150. The standard InChI is InChI=1S/C24H32N6O6/c1-13(23(34)30-10-4-7-19(30)24(35)36)28-22(33)18(29-21(32)16(25)8-9-20(26)31)11-14-12-27-17-6-3-2-5-15(14)17/h2-3,5-6,12-13,16,18-19,27H,4,7-11,25H2,1H3,(H2,26,31)(H,28,33)(H,29,32)(H,35,36). The second-order valence-electron chi connectivity index (χ2n) is 8.99. The average Bonchev–Trinajstić information content (AvgIpc) is 3.49. The van der Waals surface area contributed by atoms with E-state index in [-0.39, 0.29) is 19.3 Å². The van der Waals surface area contributed by atoms with Crippen LogP contribution in [0.15, 0.2) is 30.5 Å². The van der Waals surface area contributed by atoms with Gasteiger partial charge in [0.05, 0.1) is 6.04 Å². The summed E-state index contributed by atoms with van der Waals surface area (Å²) in [5, 5.41) is 15.5. The fourth-order valence-corrected chi connectivity index (χ4v) is 4.35. The summed E-state index contributed by atoms with van der Waals surface area (Å²) in [5.41, 5.74) is 12.6. The number of rotatable bonds is 11. The molecule has 4 atom stereocenters. The molecule has 1 aliphatic rings. The molecule has 0 bridgehead atoms. The summed E-state index contributed by atoms with van der Waals surface area (Å²) in [6.45, 7) is 1.76. The minimum absolute atomic E-state index is 0.0169. The number of nitrogens with zero attached hydrogens (tertiary/aromatic N) is 1. The molecule has 12 heteroatoms. The van der Waals surface area contributed by atoms with Gasteiger partial charge >= 0.3 is 5.97 Å². The predicted molar refractivity (Wildman–Crippen MR) is 130 cm³/mol. The summed E-state index contributed by atoms with van der Waals surface area (Å²) in [6.07, 6.45) is 2.69. The van der Waals surface area contributed by atoms with Crippen LogP contribution in [0, 0.1) is 0 Å². The number of nitrogens with two attached hydrogens (primary N) is 2. The second kappa shape index (κ2) is 11.7. The van der Waals surface area contributed by atoms with Crippen molar-refractivity contribution in [3.63, 3.8) is 0 Å². The third-order valence-corrected chi connectivity index (χ3v) is 6.32. The Labute approximate surface area is 207 Å². The molecule has 1 fully saturated rings. The molecule has 194 valence electrons. The zero-order chi connectivity index (χ0) is 26.4. The average molecular weight is 501 g/mol. The van der Waals surface area contributed by atoms with E-state index >= 15 is 0 Å². The number of likely N-dealkylation sites (tertiary alicyclic amines) is 1. The van der Waals surface area contributed by atoms with Crippen molar-refractivity contribution in [2.24, 2.45) is 11.5 Å². The lowest BCUT2D eigenvalue weighted by Gasteiger charge is -2.27. The minimum Gasteiger partial charge on any atom is -0.480 e. The summed E-state index contributed by atoms with van der Waals surface area (Å²) in [6, 6.07) is 3.39. The summed E-state index contributed by atoms with van der Waals surface area (Å²) in [4.78, 5) is 65.7. The van der Waals surface area contributed by atoms with Crippen molar-refractivity contribution < 1.29 is 29.1 Å². The lowest BCUT2D eigenvalue weighted by molar-refractivity contribution is -0.149. The Balaban J connectivity index is 1.75. The number of para-hydroxylation sites is 1. The van der Waals surface area contributed by atoms with Crippen molar-refractivity contribution in [2.75, 3.05) is 6.54 Å². The van der Waals surface area contributed by atoms with Gasteiger partial charge in [-0.15, -0.1) is 0 Å². The van der Waals surface area contributed by atoms with Gasteiger partial charge in [0.1, 0.15) is 18.1 Å². The Morgan fingerprint density at radius 2 is 1.89 bits per heavy atom. The zero-order valence-electron chi connectivity index (χ0n) is 20.0. The molecule has 1 aromatic carbocycles. The van der Waals surface area contributed by atoms with Crippen LogP contribution in [0.1, 0.15) is 38.2 Å². The molecule has 36 heavy (non-hydrogen) atoms. The highest BCUT2D eigenvalue weighted by Crippen LogP contribution is 2.20. The third-order valence-electron chi connectivity index (χ3n) is 6.32. The van der Waals surface area contributed by atoms with Crippen LogP contribution in [0.5, 0.6) is 0 Å². The number of carboxylic acid groups (broad SMARTS) is 1. The first-order chi connectivity index (χ1) is 17.1. The molecular formula is C24H32N6O6. The topological polar surface area (TPSA) is 201 Å². The molecule has 12 nitrogen and oxygen atoms in total. The molecule has 2 aromatic rings. The van der Waals surface area contributed by atoms with Crippen molar-refractivity contribution in [1.29, 1.82) is 0 Å². The van der Waals surface area contributed by atoms with Crippen LogP contribution in [0.2, 0.25) is 0 Å². The lowest BCUT2D eigenvalue weighted by atomic mass is 10.0. The van der Waals surface area contributed by atoms with Gasteiger partial charge in [-0.25, -0.2) is 4.79 Å². The quantitative estimate of drug-likeness (QED) is 0.236. The highest BCUT2D eigenvalue weighted by Gasteiger charge is 2.37. The van der Waals surface area contributed by atoms with Crippen LogP contribution >= 0.6 is 0 Å². The maximum Gasteiger partial charge on any atom is 0.326 e. The van der Waals surface area contributed by atoms with Gasteiger partial charge in [-0.05, 0) is 37.8 Å². The number of carbonyl (C=O) groups excluding carboxylic acids is 4. The van der Waals surface area contributed by atoms with Crippen LogP contribution in [0.3, 0.4) is 0 Å². The zero-order valence-corrected chi connectivity index (χ0v) is 20.0. The van der Waals surface area contributed by atoms with E-state index in [9.17, 15) is 29.1 Å². The van der Waals surface area contributed by atoms with Gasteiger partial charge in [0.15, 0.2) is 0 Å². The van der Waals surface area contributed by atoms with Gasteiger partial charge in [-0.1, -0.05) is 18.2 Å². The Kier molecular flexibility index (Phi) is 8.64. The number of nitrogens with one attached hydrogen (secondary N) is 3. The fourth-order valence-electron chi connectivity index (χ4n) is 4.35. The number of benzene rings is 1. The van der Waals surface area contributed by atoms with Gasteiger partial charge in [0.25, 0.3) is 0 Å². The smallest absolute Gasteiger partial charge is 0.326 e. The van der Waals surface area contributed by atoms with E-state index in [1.54, 1.807) is 6.20 Å². The van der Waals surface area contributed by atoms with E-state index in [0.717, 1.165) is 16.5 Å². The van der Waals surface area contributed by atoms with E-state index < -0.39 is 53.8 Å². The first kappa shape index (κ1) is 26.7. The summed E-state index contributed by atoms with van der Waals surface area (Å²) in [5.74, 6) is -3.46. The minimum atomic E-state index is -1.09. The predicted octanol–water partition coefficient (Wildman–Crippen LogP) is -0.632. The van der Waals surface area contributed by atoms with Crippen LogP contribution < -0.4 is 22.1 Å². The fraction of sp³-hybridized carbons (Fsp3) is 0.458. The number of aromatic amines is 1. The number of carbonyl (C=O) groups is 5. The molecule has 0 saturated carbocycles. The highest BCUT2D eigenvalue weighted by atomic mass is 16.4. The number of H-pyrrole nitrogens is 1. The summed E-state index contributed by atoms with van der Waals surface area (Å²) >= 11 is 0. The van der Waals surface area contributed by atoms with Crippen LogP contribution in [-0.4, -0.2) is 75.3 Å². The molecule has 1 aliphatic heterocycles. The number of hydrogen-bond acceptors (Lipinski definition) is 6. The number of aliphatic carboxylic acids is 1. The number of primary amides is 1. The van der Waals surface area contributed by atoms with Crippen LogP contribution in [0.25, 0.3) is 10.9 Å². The number of hydrogen-bond donors (Lipinski definition) is 6. The molecule has 0 spiro atoms. The molecule has 4 unspecified atom stereocenters. The molecule has 3 rings (SSSR count). The number of aromatic nitrogens is 1. The van der Waals surface area contributed by atoms with E-state index in [4.69, 9.17) is 11.5 Å². The molecule has 0 radical (unpaired) electrons. The van der Waals surface area contributed by atoms with Gasteiger partial charge in [0.2, 0.25) is 23.6 Å². The monoisotopic (exact) mass is 500 g/mol. The Morgan fingerprint density at radius 1 is 1.17 bits per heavy atom. The first-order valence-electron chi connectivity index (χ1n) is 11.8. The molecule has 8 N–H and O–H groups in total. The van der Waals surface area contributed by atoms with E-state index in [1.165, 1.54) is 11.8 Å². The molecule has 4 amide bonds. The second-order valence-corrected chi connectivity index (χ2v) is 8.99. The first-order valence-corrected chi connectivity index (χ1v) is 11.8. The normalized spacial score (nSPS) is 17.8. The Morgan fingerprint density at radius 3 is 2.58 bits per heavy atom. The number of carboxylic acids is 1. The van der Waals surface area contributed by atoms with Gasteiger partial charge < -0.3 is 37.1 Å². The SMILES string of the molecule is CC(NC(=O)C(Cc1c[nH]c2ccccc12)NC(=O)C(N)CCC(N)=O)C(=O)N1CCCC1C(=O)O. The maximum absolute atomic E-state index is 13.2. The molecule has 1 aromatic heterocycles. The largest absolute Gasteiger partial charge is 0.480 e. The van der Waals surface area contributed by atoms with Gasteiger partial charge in [-0.3, -0.25) is 19.2 Å². The maximum atomic E-state index is 13.2. The molecular weight excluding hydrogens is 468 g/mol. The third kappa shape index (κ3) is 6.39. The van der Waals surface area contributed by atoms with E-state index in [2.05, 4.69) is 15.6 Å². The number of fused-ring (bicyclic) bond motifs is 1. The van der Waals surface area contributed by atoms with E-state index in [0.29, 0.717) is 19.4 Å². The van der Waals surface area contributed by atoms with Crippen LogP contribution in [0.4, 0.5) is 0 Å². The van der Waals surface area contributed by atoms with Gasteiger partial charge in [0, 0.05) is 36.5 Å². The number of amides is 4. The van der Waals surface area contributed by atoms with Crippen molar-refractivity contribution in [1.82, 2.24) is 20.5 Å². The molecule has 2 heterocycles. The van der Waals surface area contributed by atoms with Crippen LogP contribution in [-0.2, 0) is 30.4 Å². The van der Waals surface area contributed by atoms with Crippen molar-refractivity contribution in [3.05, 3.63) is 36.0 Å². The summed E-state index contributed by atoms with van der Waals surface area (Å²) in [7, 11) is 0. The molecule has 1 saturated heterocycles. The highest BCUT2D eigenvalue weighted by molar-refractivity contribution is 5.95. The van der Waals surface area contributed by atoms with Crippen molar-refractivity contribution >= 4 is 40.5 Å². The van der Waals surface area contributed by atoms with Crippen molar-refractivity contribution in [3.8, 4) is 0 Å². The van der Waals surface area contributed by atoms with Gasteiger partial charge in [-0.2, -0.15) is 0 Å². The molecule has 0 aliphatic carbocycles. The summed E-state index contributed by atoms with van der Waals surface area (Å²) < 4.78 is 0. The Hall–Kier alpha value is -3.93.